The van der Waals surface area contributed by atoms with Gasteiger partial charge in [0.25, 0.3) is 0 Å². The van der Waals surface area contributed by atoms with Crippen LogP contribution >= 0.6 is 11.6 Å². The number of hydrogen-bond acceptors (Lipinski definition) is 4. The van der Waals surface area contributed by atoms with Gasteiger partial charge in [-0.25, -0.2) is 9.97 Å². The fraction of sp³-hybridized carbons (Fsp3) is 0.667. The summed E-state index contributed by atoms with van der Waals surface area (Å²) in [4.78, 5) is 10.8. The first-order valence-electron chi connectivity index (χ1n) is 6.01. The van der Waals surface area contributed by atoms with E-state index in [0.717, 1.165) is 36.8 Å². The molecular weight excluding hydrogens is 238 g/mol. The second-order valence-electron chi connectivity index (χ2n) is 4.32. The molecule has 1 aromatic rings. The molecule has 0 spiro atoms. The number of ether oxygens (including phenoxy) is 1. The van der Waals surface area contributed by atoms with Crippen LogP contribution in [0.5, 0.6) is 5.88 Å². The Morgan fingerprint density at radius 2 is 2.35 bits per heavy atom. The third-order valence-electron chi connectivity index (χ3n) is 3.10. The molecule has 1 atom stereocenters. The molecule has 94 valence electrons. The molecule has 0 aromatic carbocycles. The lowest BCUT2D eigenvalue weighted by molar-refractivity contribution is 0.323. The van der Waals surface area contributed by atoms with E-state index < -0.39 is 0 Å². The molecule has 0 radical (unpaired) electrons. The van der Waals surface area contributed by atoms with Gasteiger partial charge in [-0.1, -0.05) is 0 Å². The molecule has 17 heavy (non-hydrogen) atoms. The Kier molecular flexibility index (Phi) is 4.05. The first-order chi connectivity index (χ1) is 8.26. The summed E-state index contributed by atoms with van der Waals surface area (Å²) in [5.74, 6) is 2.96. The van der Waals surface area contributed by atoms with Crippen molar-refractivity contribution in [2.24, 2.45) is 5.92 Å². The number of hydrogen-bond donors (Lipinski definition) is 0. The molecule has 2 heterocycles. The molecule has 1 aromatic heterocycles. The summed E-state index contributed by atoms with van der Waals surface area (Å²) < 4.78 is 5.49. The maximum Gasteiger partial charge on any atom is 0.221 e. The van der Waals surface area contributed by atoms with Crippen molar-refractivity contribution in [3.8, 4) is 5.88 Å². The van der Waals surface area contributed by atoms with Crippen molar-refractivity contribution in [1.82, 2.24) is 9.97 Å². The quantitative estimate of drug-likeness (QED) is 0.774. The lowest BCUT2D eigenvalue weighted by Gasteiger charge is -2.20. The molecular formula is C12H18ClN3O. The first kappa shape index (κ1) is 12.4. The zero-order valence-corrected chi connectivity index (χ0v) is 11.1. The molecule has 1 aliphatic heterocycles. The van der Waals surface area contributed by atoms with E-state index in [4.69, 9.17) is 16.3 Å². The normalized spacial score (nSPS) is 19.7. The van der Waals surface area contributed by atoms with Crippen molar-refractivity contribution in [1.29, 1.82) is 0 Å². The molecule has 1 saturated heterocycles. The van der Waals surface area contributed by atoms with Crippen molar-refractivity contribution in [3.63, 3.8) is 0 Å². The van der Waals surface area contributed by atoms with Crippen molar-refractivity contribution in [2.45, 2.75) is 20.3 Å². The molecule has 1 unspecified atom stereocenters. The van der Waals surface area contributed by atoms with Gasteiger partial charge in [0, 0.05) is 19.0 Å². The highest BCUT2D eigenvalue weighted by molar-refractivity contribution is 6.18. The predicted molar refractivity (Wildman–Crippen MR) is 69.0 cm³/mol. The molecule has 0 bridgehead atoms. The highest BCUT2D eigenvalue weighted by atomic mass is 35.5. The maximum atomic E-state index is 5.90. The standard InChI is InChI=1S/C12H18ClN3O/c1-3-17-12-9(2)11(14-8-15-12)16-5-4-10(6-13)7-16/h8,10H,3-7H2,1-2H3. The summed E-state index contributed by atoms with van der Waals surface area (Å²) in [5, 5.41) is 0. The van der Waals surface area contributed by atoms with Gasteiger partial charge >= 0.3 is 0 Å². The van der Waals surface area contributed by atoms with Gasteiger partial charge in [-0.2, -0.15) is 0 Å². The van der Waals surface area contributed by atoms with Gasteiger partial charge in [-0.15, -0.1) is 11.6 Å². The number of halogens is 1. The van der Waals surface area contributed by atoms with Gasteiger partial charge in [-0.05, 0) is 26.2 Å². The second-order valence-corrected chi connectivity index (χ2v) is 4.62. The SMILES string of the molecule is CCOc1ncnc(N2CCC(CCl)C2)c1C. The molecule has 4 nitrogen and oxygen atoms in total. The lowest BCUT2D eigenvalue weighted by Crippen LogP contribution is -2.22. The number of alkyl halides is 1. The Balaban J connectivity index is 2.18. The summed E-state index contributed by atoms with van der Waals surface area (Å²) in [6, 6.07) is 0. The van der Waals surface area contributed by atoms with Crippen LogP contribution in [0.4, 0.5) is 5.82 Å². The second kappa shape index (κ2) is 5.54. The Morgan fingerprint density at radius 1 is 1.53 bits per heavy atom. The monoisotopic (exact) mass is 255 g/mol. The molecule has 1 fully saturated rings. The van der Waals surface area contributed by atoms with E-state index in [1.54, 1.807) is 6.33 Å². The van der Waals surface area contributed by atoms with E-state index in [9.17, 15) is 0 Å². The molecule has 1 aliphatic rings. The fourth-order valence-electron chi connectivity index (χ4n) is 2.18. The summed E-state index contributed by atoms with van der Waals surface area (Å²) in [5.41, 5.74) is 1.02. The molecule has 0 aliphatic carbocycles. The fourth-order valence-corrected chi connectivity index (χ4v) is 2.43. The third kappa shape index (κ3) is 2.63. The Labute approximate surface area is 107 Å². The average Bonchev–Trinajstić information content (AvgIpc) is 2.80. The van der Waals surface area contributed by atoms with Crippen LogP contribution < -0.4 is 9.64 Å². The largest absolute Gasteiger partial charge is 0.478 e. The topological polar surface area (TPSA) is 38.3 Å². The van der Waals surface area contributed by atoms with Crippen molar-refractivity contribution < 1.29 is 4.74 Å². The number of rotatable bonds is 4. The highest BCUT2D eigenvalue weighted by Gasteiger charge is 2.24. The molecule has 2 rings (SSSR count). The van der Waals surface area contributed by atoms with Crippen molar-refractivity contribution in [2.75, 3.05) is 30.5 Å². The highest BCUT2D eigenvalue weighted by Crippen LogP contribution is 2.28. The molecule has 5 heteroatoms. The minimum Gasteiger partial charge on any atom is -0.478 e. The first-order valence-corrected chi connectivity index (χ1v) is 6.55. The van der Waals surface area contributed by atoms with Gasteiger partial charge in [0.15, 0.2) is 0 Å². The van der Waals surface area contributed by atoms with Crippen LogP contribution in [0.2, 0.25) is 0 Å². The van der Waals surface area contributed by atoms with Crippen LogP contribution in [-0.4, -0.2) is 35.5 Å². The number of nitrogens with zero attached hydrogens (tertiary/aromatic N) is 3. The number of anilines is 1. The van der Waals surface area contributed by atoms with Gasteiger partial charge in [0.1, 0.15) is 12.1 Å². The Hall–Kier alpha value is -1.03. The Bertz CT molecular complexity index is 386. The zero-order chi connectivity index (χ0) is 12.3. The van der Waals surface area contributed by atoms with Gasteiger partial charge in [-0.3, -0.25) is 0 Å². The van der Waals surface area contributed by atoms with Crippen molar-refractivity contribution >= 4 is 17.4 Å². The summed E-state index contributed by atoms with van der Waals surface area (Å²) >= 11 is 5.90. The smallest absolute Gasteiger partial charge is 0.221 e. The van der Waals surface area contributed by atoms with E-state index in [1.165, 1.54) is 0 Å². The zero-order valence-electron chi connectivity index (χ0n) is 10.3. The molecule has 0 amide bonds. The van der Waals surface area contributed by atoms with Gasteiger partial charge < -0.3 is 9.64 Å². The van der Waals surface area contributed by atoms with E-state index in [-0.39, 0.29) is 0 Å². The van der Waals surface area contributed by atoms with Crippen LogP contribution in [0.25, 0.3) is 0 Å². The van der Waals surface area contributed by atoms with Crippen LogP contribution in [0, 0.1) is 12.8 Å². The van der Waals surface area contributed by atoms with Crippen LogP contribution in [0.3, 0.4) is 0 Å². The van der Waals surface area contributed by atoms with Gasteiger partial charge in [0.2, 0.25) is 5.88 Å². The minimum atomic E-state index is 0.571. The summed E-state index contributed by atoms with van der Waals surface area (Å²) in [6.45, 7) is 6.59. The summed E-state index contributed by atoms with van der Waals surface area (Å²) in [6.07, 6.45) is 2.71. The van der Waals surface area contributed by atoms with E-state index >= 15 is 0 Å². The van der Waals surface area contributed by atoms with Crippen LogP contribution in [0.1, 0.15) is 18.9 Å². The lowest BCUT2D eigenvalue weighted by atomic mass is 10.2. The van der Waals surface area contributed by atoms with E-state index in [0.29, 0.717) is 18.4 Å². The predicted octanol–water partition coefficient (Wildman–Crippen LogP) is 2.25. The van der Waals surface area contributed by atoms with Gasteiger partial charge in [0.05, 0.1) is 12.2 Å². The average molecular weight is 256 g/mol. The van der Waals surface area contributed by atoms with Crippen molar-refractivity contribution in [3.05, 3.63) is 11.9 Å². The van der Waals surface area contributed by atoms with Crippen LogP contribution in [0.15, 0.2) is 6.33 Å². The maximum absolute atomic E-state index is 5.90. The van der Waals surface area contributed by atoms with E-state index in [2.05, 4.69) is 14.9 Å². The Morgan fingerprint density at radius 3 is 3.00 bits per heavy atom. The minimum absolute atomic E-state index is 0.571. The summed E-state index contributed by atoms with van der Waals surface area (Å²) in [7, 11) is 0. The van der Waals surface area contributed by atoms with Crippen LogP contribution in [-0.2, 0) is 0 Å². The molecule has 0 saturated carbocycles. The third-order valence-corrected chi connectivity index (χ3v) is 3.53. The van der Waals surface area contributed by atoms with E-state index in [1.807, 2.05) is 13.8 Å². The number of aromatic nitrogens is 2. The molecule has 0 N–H and O–H groups in total.